The van der Waals surface area contributed by atoms with Crippen molar-refractivity contribution in [3.63, 3.8) is 0 Å². The zero-order valence-electron chi connectivity index (χ0n) is 32.3. The summed E-state index contributed by atoms with van der Waals surface area (Å²) in [4.78, 5) is 98.4. The highest BCUT2D eigenvalue weighted by Crippen LogP contribution is 2.45. The first kappa shape index (κ1) is 53.4. The van der Waals surface area contributed by atoms with Crippen molar-refractivity contribution in [2.75, 3.05) is 46.2 Å². The first-order chi connectivity index (χ1) is 29.2. The molecule has 30 nitrogen and oxygen atoms in total. The minimum absolute atomic E-state index is 0.000729. The molecule has 0 saturated carbocycles. The van der Waals surface area contributed by atoms with Crippen molar-refractivity contribution in [1.82, 2.24) is 10.6 Å². The second-order valence-corrected chi connectivity index (χ2v) is 15.9. The number of nitrogens with one attached hydrogen (secondary N) is 2. The van der Waals surface area contributed by atoms with Gasteiger partial charge in [-0.05, 0) is 0 Å². The van der Waals surface area contributed by atoms with Gasteiger partial charge in [-0.2, -0.15) is 0 Å². The quantitative estimate of drug-likeness (QED) is 0.0141. The van der Waals surface area contributed by atoms with Crippen molar-refractivity contribution in [1.29, 1.82) is 0 Å². The highest BCUT2D eigenvalue weighted by Gasteiger charge is 2.54. The van der Waals surface area contributed by atoms with Gasteiger partial charge in [-0.25, -0.2) is 0 Å². The van der Waals surface area contributed by atoms with Crippen LogP contribution in [0.1, 0.15) is 25.7 Å². The molecule has 0 aromatic heterocycles. The van der Waals surface area contributed by atoms with Crippen LogP contribution >= 0.6 is 15.6 Å². The highest BCUT2D eigenvalue weighted by molar-refractivity contribution is 7.45. The Morgan fingerprint density at radius 1 is 0.710 bits per heavy atom. The third kappa shape index (κ3) is 16.0. The fourth-order valence-electron chi connectivity index (χ4n) is 6.04. The van der Waals surface area contributed by atoms with E-state index in [0.717, 1.165) is 0 Å². The highest BCUT2D eigenvalue weighted by atomic mass is 31.2. The molecular weight excluding hydrogens is 896 g/mol. The van der Waals surface area contributed by atoms with E-state index in [-0.39, 0.29) is 6.47 Å². The number of phosphoric ester groups is 2. The molecule has 3 aliphatic rings. The average Bonchev–Trinajstić information content (AvgIpc) is 3.18. The summed E-state index contributed by atoms with van der Waals surface area (Å²) in [5.41, 5.74) is 3.53. The Kier molecular flexibility index (Phi) is 21.5. The van der Waals surface area contributed by atoms with E-state index in [4.69, 9.17) is 37.5 Å². The van der Waals surface area contributed by atoms with E-state index in [9.17, 15) is 83.5 Å². The molecule has 3 aliphatic heterocycles. The minimum atomic E-state index is -6.01. The van der Waals surface area contributed by atoms with Crippen LogP contribution in [0.2, 0.25) is 0 Å². The zero-order chi connectivity index (χ0) is 46.4. The van der Waals surface area contributed by atoms with E-state index >= 15 is 0 Å². The number of esters is 2. The second kappa shape index (κ2) is 25.0. The van der Waals surface area contributed by atoms with Crippen LogP contribution in [-0.2, 0) is 79.8 Å². The van der Waals surface area contributed by atoms with Crippen molar-refractivity contribution < 1.29 is 136 Å². The molecule has 0 spiro atoms. The van der Waals surface area contributed by atoms with Crippen molar-refractivity contribution in [2.24, 2.45) is 0 Å². The summed E-state index contributed by atoms with van der Waals surface area (Å²) in [5.74, 6) is -4.61. The number of hydrogen-bond acceptors (Lipinski definition) is 27. The molecule has 0 aromatic carbocycles. The largest absolute Gasteiger partial charge is 0.790 e. The van der Waals surface area contributed by atoms with Crippen LogP contribution < -0.4 is 31.0 Å². The molecule has 3 fully saturated rings. The van der Waals surface area contributed by atoms with Gasteiger partial charge in [0, 0.05) is 6.42 Å². The average molecular weight is 946 g/mol. The maximum atomic E-state index is 13.3. The normalized spacial score (nSPS) is 33.7. The number of carbonyl (C=O) groups excluding carboxylic acids is 5. The maximum absolute atomic E-state index is 13.3. The summed E-state index contributed by atoms with van der Waals surface area (Å²) in [6.45, 7) is -5.63. The number of hydrogen-bond donors (Lipinski definition) is 10. The molecule has 62 heavy (non-hydrogen) atoms. The molecule has 3 heterocycles. The molecule has 0 radical (unpaired) electrons. The summed E-state index contributed by atoms with van der Waals surface area (Å²) in [6.07, 6.45) is -25.5. The smallest absolute Gasteiger partial charge is 0.308 e. The standard InChI is InChI=1S/C30H51N3O27P2/c31-13-10-52-30(24(45)22(13)43)60-62(49,50)59-29-20(33-17(40)4-8-51-12-38)26(56-18(41)2-6-35)23(44)15(55-29)11-53-28-21(32-16(39)1-5-34)27(57-19(42)3-7-36)25(14(9-37)54-28)58-61(46,47)48/h12-15,20-30,34-37,43-45H,1-11,31H2,(H,32,39)(H,33,40)(H,49,50)(H2,46,47,48)/p-2/t13-,14+,15+,20+,21+,22-,23+,24+,25+,26+,27+,28+,29+,30+/m0/s1. The van der Waals surface area contributed by atoms with Gasteiger partial charge in [-0.1, -0.05) is 0 Å². The van der Waals surface area contributed by atoms with Crippen molar-refractivity contribution in [3.8, 4) is 0 Å². The van der Waals surface area contributed by atoms with Crippen LogP contribution in [0.4, 0.5) is 0 Å². The summed E-state index contributed by atoms with van der Waals surface area (Å²) < 4.78 is 76.6. The van der Waals surface area contributed by atoms with Gasteiger partial charge in [0.1, 0.15) is 61.4 Å². The van der Waals surface area contributed by atoms with E-state index in [1.807, 2.05) is 0 Å². The summed E-state index contributed by atoms with van der Waals surface area (Å²) in [7, 11) is -11.9. The first-order valence-electron chi connectivity index (χ1n) is 18.4. The van der Waals surface area contributed by atoms with E-state index < -0.39 is 197 Å². The number of quaternary nitrogens is 1. The lowest BCUT2D eigenvalue weighted by Gasteiger charge is -2.49. The molecule has 358 valence electrons. The number of rotatable bonds is 24. The third-order valence-electron chi connectivity index (χ3n) is 8.90. The van der Waals surface area contributed by atoms with Gasteiger partial charge < -0.3 is 109 Å². The maximum Gasteiger partial charge on any atom is 0.308 e. The van der Waals surface area contributed by atoms with E-state index in [0.29, 0.717) is 0 Å². The van der Waals surface area contributed by atoms with Gasteiger partial charge >= 0.3 is 11.9 Å². The van der Waals surface area contributed by atoms with Gasteiger partial charge in [-0.3, -0.25) is 37.6 Å². The molecule has 1 unspecified atom stereocenters. The van der Waals surface area contributed by atoms with Crippen molar-refractivity contribution in [2.45, 2.75) is 112 Å². The number of aliphatic hydroxyl groups excluding tert-OH is 7. The first-order valence-corrected chi connectivity index (χ1v) is 21.4. The Balaban J connectivity index is 2.06. The van der Waals surface area contributed by atoms with Crippen LogP contribution in [0.15, 0.2) is 0 Å². The van der Waals surface area contributed by atoms with Crippen LogP contribution in [-0.4, -0.2) is 198 Å². The molecule has 3 rings (SSSR count). The van der Waals surface area contributed by atoms with E-state index in [1.165, 1.54) is 0 Å². The Morgan fingerprint density at radius 2 is 1.26 bits per heavy atom. The van der Waals surface area contributed by atoms with Gasteiger partial charge in [0.15, 0.2) is 31.1 Å². The lowest BCUT2D eigenvalue weighted by atomic mass is 9.95. The molecule has 0 bridgehead atoms. The van der Waals surface area contributed by atoms with Crippen molar-refractivity contribution >= 4 is 45.9 Å². The monoisotopic (exact) mass is 945 g/mol. The van der Waals surface area contributed by atoms with Crippen LogP contribution in [0, 0.1) is 0 Å². The predicted octanol–water partition coefficient (Wildman–Crippen LogP) is -10.3. The van der Waals surface area contributed by atoms with Crippen molar-refractivity contribution in [3.05, 3.63) is 0 Å². The number of phosphoric acid groups is 2. The molecule has 0 aromatic rings. The molecule has 0 aliphatic carbocycles. The molecule has 32 heteroatoms. The lowest BCUT2D eigenvalue weighted by molar-refractivity contribution is -0.469. The molecular formula is C30H49N3O27P2-2. The van der Waals surface area contributed by atoms with Crippen LogP contribution in [0.25, 0.3) is 0 Å². The Hall–Kier alpha value is -2.91. The van der Waals surface area contributed by atoms with Crippen LogP contribution in [0.3, 0.4) is 0 Å². The molecule has 12 N–H and O–H groups in total. The number of ether oxygens (including phenoxy) is 7. The zero-order valence-corrected chi connectivity index (χ0v) is 34.1. The lowest BCUT2D eigenvalue weighted by Crippen LogP contribution is -2.74. The third-order valence-corrected chi connectivity index (χ3v) is 10.3. The van der Waals surface area contributed by atoms with Gasteiger partial charge in [0.2, 0.25) is 11.8 Å². The molecule has 2 amide bonds. The minimum Gasteiger partial charge on any atom is -0.790 e. The van der Waals surface area contributed by atoms with Gasteiger partial charge in [0.25, 0.3) is 14.3 Å². The molecule has 3 saturated heterocycles. The summed E-state index contributed by atoms with van der Waals surface area (Å²) in [5, 5.41) is 74.5. The van der Waals surface area contributed by atoms with E-state index in [2.05, 4.69) is 25.6 Å². The Bertz CT molecular complexity index is 1580. The fraction of sp³-hybridized carbons (Fsp3) is 0.833. The Labute approximate surface area is 350 Å². The summed E-state index contributed by atoms with van der Waals surface area (Å²) in [6, 6.07) is -4.90. The van der Waals surface area contributed by atoms with E-state index in [1.54, 1.807) is 0 Å². The summed E-state index contributed by atoms with van der Waals surface area (Å²) >= 11 is 0. The number of amides is 2. The topological polar surface area (TPSA) is 474 Å². The second-order valence-electron chi connectivity index (χ2n) is 13.4. The SMILES string of the molecule is [NH3+][C@H]1CO[C@H](OP(=O)([O-])O[C@H]2O[C@H](CO[C@@H]3O[C@H](CO)[C@@H](OP(=O)([O-])[O-])[C@H](OC(=O)CCO)[C@H]3NC(=O)CCO)[C@@H](O)[C@H](OC(=O)CCO)[C@H]2NC(=O)CCOC=O)[C@H](O)[C@H]1O. The van der Waals surface area contributed by atoms with Crippen LogP contribution in [0.5, 0.6) is 0 Å². The number of carbonyl (C=O) groups is 5. The van der Waals surface area contributed by atoms with Gasteiger partial charge in [-0.15, -0.1) is 0 Å². The fourth-order valence-corrected chi connectivity index (χ4v) is 7.52. The Morgan fingerprint density at radius 3 is 1.82 bits per heavy atom. The predicted molar refractivity (Wildman–Crippen MR) is 182 cm³/mol. The number of aliphatic hydroxyl groups is 7. The van der Waals surface area contributed by atoms with Gasteiger partial charge in [0.05, 0.1) is 66.7 Å². The molecule has 15 atom stereocenters.